The Morgan fingerprint density at radius 2 is 1.82 bits per heavy atom. The van der Waals surface area contributed by atoms with Gasteiger partial charge in [0.15, 0.2) is 0 Å². The highest BCUT2D eigenvalue weighted by Crippen LogP contribution is 2.25. The van der Waals surface area contributed by atoms with Crippen molar-refractivity contribution in [2.24, 2.45) is 0 Å². The Bertz CT molecular complexity index is 1020. The third kappa shape index (κ3) is 6.68. The Labute approximate surface area is 203 Å². The minimum atomic E-state index is -0.767. The number of carbonyl (C=O) groups is 2. The summed E-state index contributed by atoms with van der Waals surface area (Å²) in [4.78, 5) is 38.7. The summed E-state index contributed by atoms with van der Waals surface area (Å²) in [6.07, 6.45) is 4.97. The van der Waals surface area contributed by atoms with E-state index < -0.39 is 11.0 Å². The fourth-order valence-corrected chi connectivity index (χ4v) is 4.41. The Hall–Kier alpha value is -2.64. The van der Waals surface area contributed by atoms with Crippen molar-refractivity contribution in [3.05, 3.63) is 73.8 Å². The average molecular weight is 492 g/mol. The summed E-state index contributed by atoms with van der Waals surface area (Å²) in [6.45, 7) is 1.79. The zero-order valence-electron chi connectivity index (χ0n) is 18.4. The lowest BCUT2D eigenvalue weighted by Gasteiger charge is -2.31. The van der Waals surface area contributed by atoms with Gasteiger partial charge in [0, 0.05) is 24.2 Å². The molecule has 3 rings (SSSR count). The molecule has 9 heteroatoms. The normalized spacial score (nSPS) is 15.0. The smallest absolute Gasteiger partial charge is 0.273 e. The number of nitrogens with one attached hydrogen (secondary N) is 1. The lowest BCUT2D eigenvalue weighted by molar-refractivity contribution is -0.385. The van der Waals surface area contributed by atoms with E-state index in [0.717, 1.165) is 25.7 Å². The highest BCUT2D eigenvalue weighted by molar-refractivity contribution is 6.42. The van der Waals surface area contributed by atoms with Crippen LogP contribution in [0.3, 0.4) is 0 Å². The quantitative estimate of drug-likeness (QED) is 0.399. The molecule has 33 heavy (non-hydrogen) atoms. The van der Waals surface area contributed by atoms with Gasteiger partial charge in [-0.2, -0.15) is 0 Å². The van der Waals surface area contributed by atoms with Crippen LogP contribution in [-0.4, -0.2) is 33.7 Å². The summed E-state index contributed by atoms with van der Waals surface area (Å²) < 4.78 is 0. The molecule has 1 saturated carbocycles. The zero-order valence-corrected chi connectivity index (χ0v) is 19.9. The number of amides is 2. The van der Waals surface area contributed by atoms with Crippen LogP contribution in [0.4, 0.5) is 5.69 Å². The highest BCUT2D eigenvalue weighted by atomic mass is 35.5. The van der Waals surface area contributed by atoms with E-state index in [9.17, 15) is 19.7 Å². The van der Waals surface area contributed by atoms with E-state index in [2.05, 4.69) is 5.32 Å². The molecule has 0 heterocycles. The fraction of sp³-hybridized carbons (Fsp3) is 0.417. The largest absolute Gasteiger partial charge is 0.352 e. The van der Waals surface area contributed by atoms with Gasteiger partial charge in [0.2, 0.25) is 11.8 Å². The summed E-state index contributed by atoms with van der Waals surface area (Å²) in [7, 11) is 0. The fourth-order valence-electron chi connectivity index (χ4n) is 4.09. The van der Waals surface area contributed by atoms with E-state index in [-0.39, 0.29) is 36.5 Å². The monoisotopic (exact) mass is 491 g/mol. The number of nitro benzene ring substituents is 1. The molecule has 0 bridgehead atoms. The van der Waals surface area contributed by atoms with Gasteiger partial charge in [-0.15, -0.1) is 0 Å². The Balaban J connectivity index is 1.83. The van der Waals surface area contributed by atoms with Crippen molar-refractivity contribution in [2.75, 3.05) is 0 Å². The maximum Gasteiger partial charge on any atom is 0.273 e. The van der Waals surface area contributed by atoms with Crippen LogP contribution in [0.5, 0.6) is 0 Å². The Morgan fingerprint density at radius 3 is 2.48 bits per heavy atom. The number of para-hydroxylation sites is 1. The number of nitro groups is 1. The van der Waals surface area contributed by atoms with E-state index in [1.807, 2.05) is 0 Å². The molecule has 0 aliphatic heterocycles. The van der Waals surface area contributed by atoms with Crippen molar-refractivity contribution in [3.8, 4) is 0 Å². The summed E-state index contributed by atoms with van der Waals surface area (Å²) in [5, 5.41) is 15.2. The molecule has 1 aliphatic rings. The number of carbonyl (C=O) groups excluding carboxylic acids is 2. The first kappa shape index (κ1) is 25.0. The van der Waals surface area contributed by atoms with Crippen molar-refractivity contribution in [2.45, 2.75) is 64.1 Å². The van der Waals surface area contributed by atoms with Gasteiger partial charge >= 0.3 is 0 Å². The van der Waals surface area contributed by atoms with Crippen LogP contribution in [0.25, 0.3) is 0 Å². The molecule has 1 fully saturated rings. The number of rotatable bonds is 8. The van der Waals surface area contributed by atoms with E-state index in [1.165, 1.54) is 17.4 Å². The number of benzene rings is 2. The van der Waals surface area contributed by atoms with Gasteiger partial charge in [-0.05, 0) is 37.5 Å². The predicted molar refractivity (Wildman–Crippen MR) is 128 cm³/mol. The van der Waals surface area contributed by atoms with Crippen LogP contribution in [0.15, 0.2) is 42.5 Å². The first-order chi connectivity index (χ1) is 15.8. The third-order valence-corrected chi connectivity index (χ3v) is 6.72. The van der Waals surface area contributed by atoms with Crippen LogP contribution in [-0.2, 0) is 22.6 Å². The molecule has 0 spiro atoms. The topological polar surface area (TPSA) is 92.6 Å². The maximum absolute atomic E-state index is 13.3. The van der Waals surface area contributed by atoms with Crippen LogP contribution in [0.1, 0.15) is 50.2 Å². The second kappa shape index (κ2) is 11.5. The number of halogens is 2. The van der Waals surface area contributed by atoms with Gasteiger partial charge in [0.25, 0.3) is 5.69 Å². The predicted octanol–water partition coefficient (Wildman–Crippen LogP) is 5.31. The van der Waals surface area contributed by atoms with Gasteiger partial charge < -0.3 is 10.2 Å². The zero-order chi connectivity index (χ0) is 24.0. The van der Waals surface area contributed by atoms with E-state index in [4.69, 9.17) is 23.2 Å². The molecule has 0 unspecified atom stereocenters. The van der Waals surface area contributed by atoms with Crippen molar-refractivity contribution in [3.63, 3.8) is 0 Å². The molecule has 7 nitrogen and oxygen atoms in total. The lowest BCUT2D eigenvalue weighted by Crippen LogP contribution is -2.50. The molecule has 1 N–H and O–H groups in total. The molecule has 0 saturated heterocycles. The van der Waals surface area contributed by atoms with Crippen molar-refractivity contribution >= 4 is 40.7 Å². The second-order valence-corrected chi connectivity index (χ2v) is 9.17. The number of hydrogen-bond acceptors (Lipinski definition) is 4. The van der Waals surface area contributed by atoms with Crippen LogP contribution in [0.2, 0.25) is 10.0 Å². The molecule has 2 aromatic carbocycles. The van der Waals surface area contributed by atoms with Gasteiger partial charge in [-0.25, -0.2) is 0 Å². The number of nitrogens with zero attached hydrogens (tertiary/aromatic N) is 2. The number of hydrogen-bond donors (Lipinski definition) is 1. The highest BCUT2D eigenvalue weighted by Gasteiger charge is 2.29. The molecular weight excluding hydrogens is 465 g/mol. The van der Waals surface area contributed by atoms with Crippen molar-refractivity contribution < 1.29 is 14.5 Å². The first-order valence-corrected chi connectivity index (χ1v) is 11.8. The van der Waals surface area contributed by atoms with Crippen molar-refractivity contribution in [1.29, 1.82) is 0 Å². The Kier molecular flexibility index (Phi) is 8.69. The van der Waals surface area contributed by atoms with Crippen molar-refractivity contribution in [1.82, 2.24) is 10.2 Å². The molecule has 1 aliphatic carbocycles. The molecule has 2 aromatic rings. The SMILES string of the molecule is C[C@H](C(=O)NC1CCCCC1)N(Cc1ccc(Cl)c(Cl)c1)C(=O)Cc1ccccc1[N+](=O)[O-]. The van der Waals surface area contributed by atoms with E-state index >= 15 is 0 Å². The lowest BCUT2D eigenvalue weighted by atomic mass is 9.95. The summed E-state index contributed by atoms with van der Waals surface area (Å²) in [5.74, 6) is -0.625. The van der Waals surface area contributed by atoms with Gasteiger partial charge in [-0.1, -0.05) is 66.7 Å². The van der Waals surface area contributed by atoms with E-state index in [1.54, 1.807) is 43.3 Å². The molecule has 0 radical (unpaired) electrons. The average Bonchev–Trinajstić information content (AvgIpc) is 2.80. The van der Waals surface area contributed by atoms with Gasteiger partial charge in [-0.3, -0.25) is 19.7 Å². The molecule has 0 aromatic heterocycles. The molecule has 176 valence electrons. The van der Waals surface area contributed by atoms with Crippen LogP contribution < -0.4 is 5.32 Å². The van der Waals surface area contributed by atoms with Crippen LogP contribution >= 0.6 is 23.2 Å². The van der Waals surface area contributed by atoms with Gasteiger partial charge in [0.1, 0.15) is 6.04 Å². The third-order valence-electron chi connectivity index (χ3n) is 5.99. The minimum absolute atomic E-state index is 0.103. The molecule has 2 amide bonds. The minimum Gasteiger partial charge on any atom is -0.352 e. The summed E-state index contributed by atoms with van der Waals surface area (Å²) >= 11 is 12.2. The molecule has 1 atom stereocenters. The van der Waals surface area contributed by atoms with Gasteiger partial charge in [0.05, 0.1) is 21.4 Å². The second-order valence-electron chi connectivity index (χ2n) is 8.35. The summed E-state index contributed by atoms with van der Waals surface area (Å²) in [6, 6.07) is 10.5. The standard InChI is InChI=1S/C24H27Cl2N3O4/c1-16(24(31)27-19-8-3-2-4-9-19)28(15-17-11-12-20(25)21(26)13-17)23(30)14-18-7-5-6-10-22(18)29(32)33/h5-7,10-13,16,19H,2-4,8-9,14-15H2,1H3,(H,27,31)/t16-/m1/s1. The van der Waals surface area contributed by atoms with E-state index in [0.29, 0.717) is 21.2 Å². The Morgan fingerprint density at radius 1 is 1.12 bits per heavy atom. The molecular formula is C24H27Cl2N3O4. The summed E-state index contributed by atoms with van der Waals surface area (Å²) in [5.41, 5.74) is 0.879. The maximum atomic E-state index is 13.3. The first-order valence-electron chi connectivity index (χ1n) is 11.0. The van der Waals surface area contributed by atoms with Crippen LogP contribution in [0, 0.1) is 10.1 Å².